The van der Waals surface area contributed by atoms with Crippen molar-refractivity contribution in [1.82, 2.24) is 4.98 Å². The summed E-state index contributed by atoms with van der Waals surface area (Å²) >= 11 is 1.67. The molecule has 0 spiro atoms. The monoisotopic (exact) mass is 167 g/mol. The maximum absolute atomic E-state index is 10.4. The lowest BCUT2D eigenvalue weighted by Crippen LogP contribution is -1.82. The molecule has 0 bridgehead atoms. The molecule has 1 fully saturated rings. The van der Waals surface area contributed by atoms with Gasteiger partial charge in [0.2, 0.25) is 0 Å². The Balaban J connectivity index is 2.35. The first-order valence-corrected chi connectivity index (χ1v) is 4.55. The highest BCUT2D eigenvalue weighted by Crippen LogP contribution is 2.42. The van der Waals surface area contributed by atoms with Crippen molar-refractivity contribution in [3.63, 3.8) is 0 Å². The molecule has 1 aliphatic carbocycles. The number of nitrogens with zero attached hydrogens (tertiary/aromatic N) is 1. The maximum Gasteiger partial charge on any atom is 0.169 e. The second-order valence-corrected chi connectivity index (χ2v) is 4.12. The lowest BCUT2D eigenvalue weighted by Gasteiger charge is -1.82. The second kappa shape index (κ2) is 2.41. The van der Waals surface area contributed by atoms with Crippen molar-refractivity contribution in [3.05, 3.63) is 15.6 Å². The van der Waals surface area contributed by atoms with Gasteiger partial charge in [-0.2, -0.15) is 0 Å². The molecule has 0 unspecified atom stereocenters. The molecule has 2 nitrogen and oxygen atoms in total. The summed E-state index contributed by atoms with van der Waals surface area (Å²) in [5, 5.41) is 1.16. The van der Waals surface area contributed by atoms with Crippen LogP contribution < -0.4 is 0 Å². The van der Waals surface area contributed by atoms with E-state index < -0.39 is 0 Å². The Kier molecular flexibility index (Phi) is 1.53. The van der Waals surface area contributed by atoms with Crippen LogP contribution in [0.15, 0.2) is 0 Å². The summed E-state index contributed by atoms with van der Waals surface area (Å²) in [4.78, 5) is 15.7. The SMILES string of the molecule is Cc1sc(C2CC2)nc1C=O. The van der Waals surface area contributed by atoms with Crippen molar-refractivity contribution in [3.8, 4) is 0 Å². The molecular formula is C8H9NOS. The number of aldehydes is 1. The van der Waals surface area contributed by atoms with Gasteiger partial charge >= 0.3 is 0 Å². The van der Waals surface area contributed by atoms with Gasteiger partial charge in [-0.1, -0.05) is 0 Å². The molecule has 1 heterocycles. The highest BCUT2D eigenvalue weighted by atomic mass is 32.1. The Morgan fingerprint density at radius 2 is 2.36 bits per heavy atom. The molecule has 0 aromatic carbocycles. The predicted octanol–water partition coefficient (Wildman–Crippen LogP) is 2.14. The summed E-state index contributed by atoms with van der Waals surface area (Å²) in [6, 6.07) is 0. The molecule has 2 rings (SSSR count). The zero-order chi connectivity index (χ0) is 7.84. The number of carbonyl (C=O) groups is 1. The first kappa shape index (κ1) is 6.98. The van der Waals surface area contributed by atoms with Crippen LogP contribution in [0.25, 0.3) is 0 Å². The third-order valence-electron chi connectivity index (χ3n) is 1.89. The van der Waals surface area contributed by atoms with E-state index in [1.807, 2.05) is 6.92 Å². The number of carbonyl (C=O) groups excluding carboxylic acids is 1. The predicted molar refractivity (Wildman–Crippen MR) is 44.2 cm³/mol. The molecule has 0 N–H and O–H groups in total. The molecular weight excluding hydrogens is 158 g/mol. The summed E-state index contributed by atoms with van der Waals surface area (Å²) in [7, 11) is 0. The van der Waals surface area contributed by atoms with Crippen molar-refractivity contribution >= 4 is 17.6 Å². The van der Waals surface area contributed by atoms with Crippen LogP contribution in [0.5, 0.6) is 0 Å². The standard InChI is InChI=1S/C8H9NOS/c1-5-7(4-10)9-8(11-5)6-2-3-6/h4,6H,2-3H2,1H3. The van der Waals surface area contributed by atoms with Crippen LogP contribution >= 0.6 is 11.3 Å². The van der Waals surface area contributed by atoms with Gasteiger partial charge in [0.1, 0.15) is 5.69 Å². The van der Waals surface area contributed by atoms with Crippen LogP contribution in [-0.2, 0) is 0 Å². The van der Waals surface area contributed by atoms with Crippen LogP contribution in [0.3, 0.4) is 0 Å². The summed E-state index contributed by atoms with van der Waals surface area (Å²) < 4.78 is 0. The quantitative estimate of drug-likeness (QED) is 0.632. The Bertz CT molecular complexity index is 288. The van der Waals surface area contributed by atoms with Crippen LogP contribution in [0.2, 0.25) is 0 Å². The molecule has 1 aliphatic rings. The summed E-state index contributed by atoms with van der Waals surface area (Å²) in [5.74, 6) is 0.674. The molecule has 0 saturated heterocycles. The van der Waals surface area contributed by atoms with E-state index in [2.05, 4.69) is 4.98 Å². The van der Waals surface area contributed by atoms with Crippen LogP contribution in [0.4, 0.5) is 0 Å². The van der Waals surface area contributed by atoms with E-state index in [1.165, 1.54) is 12.8 Å². The molecule has 1 aromatic rings. The molecule has 0 atom stereocenters. The largest absolute Gasteiger partial charge is 0.296 e. The fraction of sp³-hybridized carbons (Fsp3) is 0.500. The van der Waals surface area contributed by atoms with Gasteiger partial charge in [-0.15, -0.1) is 11.3 Å². The molecule has 58 valence electrons. The molecule has 11 heavy (non-hydrogen) atoms. The Morgan fingerprint density at radius 1 is 1.64 bits per heavy atom. The van der Waals surface area contributed by atoms with Gasteiger partial charge < -0.3 is 0 Å². The van der Waals surface area contributed by atoms with Crippen LogP contribution in [0.1, 0.15) is 39.1 Å². The zero-order valence-electron chi connectivity index (χ0n) is 6.33. The Morgan fingerprint density at radius 3 is 2.82 bits per heavy atom. The topological polar surface area (TPSA) is 30.0 Å². The van der Waals surface area contributed by atoms with Gasteiger partial charge in [0.25, 0.3) is 0 Å². The number of aryl methyl sites for hydroxylation is 1. The third kappa shape index (κ3) is 1.20. The smallest absolute Gasteiger partial charge is 0.169 e. The van der Waals surface area contributed by atoms with Gasteiger partial charge in [0.15, 0.2) is 6.29 Å². The lowest BCUT2D eigenvalue weighted by molar-refractivity contribution is 0.111. The summed E-state index contributed by atoms with van der Waals surface area (Å²) in [6.07, 6.45) is 3.36. The van der Waals surface area contributed by atoms with E-state index in [-0.39, 0.29) is 0 Å². The van der Waals surface area contributed by atoms with E-state index in [0.717, 1.165) is 16.2 Å². The Labute approximate surface area is 69.3 Å². The number of thiazole rings is 1. The van der Waals surface area contributed by atoms with Crippen LogP contribution in [0, 0.1) is 6.92 Å². The number of aromatic nitrogens is 1. The molecule has 0 aliphatic heterocycles. The molecule has 0 radical (unpaired) electrons. The van der Waals surface area contributed by atoms with Gasteiger partial charge in [-0.05, 0) is 19.8 Å². The average molecular weight is 167 g/mol. The highest BCUT2D eigenvalue weighted by Gasteiger charge is 2.27. The minimum absolute atomic E-state index is 0.636. The third-order valence-corrected chi connectivity index (χ3v) is 3.04. The normalized spacial score (nSPS) is 16.8. The lowest BCUT2D eigenvalue weighted by atomic mass is 10.4. The van der Waals surface area contributed by atoms with Gasteiger partial charge in [-0.25, -0.2) is 4.98 Å². The summed E-state index contributed by atoms with van der Waals surface area (Å²) in [5.41, 5.74) is 0.636. The van der Waals surface area contributed by atoms with Crippen LogP contribution in [-0.4, -0.2) is 11.3 Å². The van der Waals surface area contributed by atoms with Gasteiger partial charge in [-0.3, -0.25) is 4.79 Å². The molecule has 3 heteroatoms. The highest BCUT2D eigenvalue weighted by molar-refractivity contribution is 7.12. The second-order valence-electron chi connectivity index (χ2n) is 2.89. The van der Waals surface area contributed by atoms with E-state index in [0.29, 0.717) is 11.6 Å². The molecule has 1 saturated carbocycles. The van der Waals surface area contributed by atoms with E-state index in [4.69, 9.17) is 0 Å². The van der Waals surface area contributed by atoms with E-state index >= 15 is 0 Å². The van der Waals surface area contributed by atoms with Crippen molar-refractivity contribution < 1.29 is 4.79 Å². The van der Waals surface area contributed by atoms with Gasteiger partial charge in [0.05, 0.1) is 5.01 Å². The van der Waals surface area contributed by atoms with Gasteiger partial charge in [0, 0.05) is 10.8 Å². The minimum atomic E-state index is 0.636. The number of hydrogen-bond acceptors (Lipinski definition) is 3. The molecule has 1 aromatic heterocycles. The fourth-order valence-electron chi connectivity index (χ4n) is 1.04. The first-order valence-electron chi connectivity index (χ1n) is 3.74. The van der Waals surface area contributed by atoms with E-state index in [9.17, 15) is 4.79 Å². The van der Waals surface area contributed by atoms with Crippen molar-refractivity contribution in [1.29, 1.82) is 0 Å². The summed E-state index contributed by atoms with van der Waals surface area (Å²) in [6.45, 7) is 1.95. The number of rotatable bonds is 2. The zero-order valence-corrected chi connectivity index (χ0v) is 7.15. The van der Waals surface area contributed by atoms with Crippen molar-refractivity contribution in [2.75, 3.05) is 0 Å². The maximum atomic E-state index is 10.4. The fourth-order valence-corrected chi connectivity index (χ4v) is 2.10. The minimum Gasteiger partial charge on any atom is -0.296 e. The van der Waals surface area contributed by atoms with Crippen molar-refractivity contribution in [2.24, 2.45) is 0 Å². The number of hydrogen-bond donors (Lipinski definition) is 0. The van der Waals surface area contributed by atoms with Crippen molar-refractivity contribution in [2.45, 2.75) is 25.7 Å². The molecule has 0 amide bonds. The van der Waals surface area contributed by atoms with E-state index in [1.54, 1.807) is 11.3 Å². The average Bonchev–Trinajstić information content (AvgIpc) is 2.76. The Hall–Kier alpha value is -0.700. The first-order chi connectivity index (χ1) is 5.31.